The normalized spacial score (nSPS) is 21.9. The van der Waals surface area contributed by atoms with Crippen LogP contribution in [0.5, 0.6) is 0 Å². The number of hydrogen-bond donors (Lipinski definition) is 1. The van der Waals surface area contributed by atoms with Crippen molar-refractivity contribution in [3.63, 3.8) is 0 Å². The number of carbonyl (C=O) groups excluding carboxylic acids is 1. The Morgan fingerprint density at radius 3 is 2.57 bits per heavy atom. The van der Waals surface area contributed by atoms with Gasteiger partial charge in [-0.2, -0.15) is 0 Å². The van der Waals surface area contributed by atoms with Crippen molar-refractivity contribution in [2.24, 2.45) is 5.92 Å². The summed E-state index contributed by atoms with van der Waals surface area (Å²) in [5.74, 6) is -0.0397. The molecule has 0 aromatic heterocycles. The lowest BCUT2D eigenvalue weighted by atomic mass is 9.85. The van der Waals surface area contributed by atoms with Gasteiger partial charge in [-0.05, 0) is 70.2 Å². The maximum Gasteiger partial charge on any atom is 0.308 e. The quantitative estimate of drug-likeness (QED) is 0.574. The Balaban J connectivity index is 2.04. The molecule has 1 aliphatic carbocycles. The van der Waals surface area contributed by atoms with Gasteiger partial charge in [0.15, 0.2) is 0 Å². The summed E-state index contributed by atoms with van der Waals surface area (Å²) in [5, 5.41) is 3.55. The van der Waals surface area contributed by atoms with E-state index in [-0.39, 0.29) is 11.9 Å². The van der Waals surface area contributed by atoms with Crippen LogP contribution in [0.3, 0.4) is 0 Å². The largest absolute Gasteiger partial charge is 0.466 e. The highest BCUT2D eigenvalue weighted by molar-refractivity contribution is 9.11. The van der Waals surface area contributed by atoms with Crippen molar-refractivity contribution in [3.05, 3.63) is 25.6 Å². The minimum absolute atomic E-state index is 0.0178. The van der Waals surface area contributed by atoms with Gasteiger partial charge in [0.1, 0.15) is 0 Å². The Morgan fingerprint density at radius 1 is 1.29 bits per heavy atom. The van der Waals surface area contributed by atoms with E-state index in [0.29, 0.717) is 12.6 Å². The standard InChI is InChI=1S/C15H18Br3NO2/c1-2-21-15(20)9-4-3-5-11(6-9)19-14-12(17)7-10(16)8-13(14)18/h7-9,11,19H,2-6H2,1H3. The number of carbonyl (C=O) groups is 1. The van der Waals surface area contributed by atoms with E-state index in [4.69, 9.17) is 4.74 Å². The van der Waals surface area contributed by atoms with Crippen molar-refractivity contribution in [2.75, 3.05) is 11.9 Å². The average molecular weight is 484 g/mol. The molecule has 1 aromatic rings. The van der Waals surface area contributed by atoms with Crippen LogP contribution in [0.15, 0.2) is 25.6 Å². The van der Waals surface area contributed by atoms with E-state index in [1.165, 1.54) is 0 Å². The van der Waals surface area contributed by atoms with Gasteiger partial charge in [0, 0.05) is 19.5 Å². The van der Waals surface area contributed by atoms with Crippen molar-refractivity contribution in [1.29, 1.82) is 0 Å². The van der Waals surface area contributed by atoms with Crippen LogP contribution in [-0.4, -0.2) is 18.6 Å². The van der Waals surface area contributed by atoms with Gasteiger partial charge < -0.3 is 10.1 Å². The number of benzene rings is 1. The predicted octanol–water partition coefficient (Wildman–Crippen LogP) is 5.51. The highest BCUT2D eigenvalue weighted by atomic mass is 79.9. The van der Waals surface area contributed by atoms with Crippen LogP contribution < -0.4 is 5.32 Å². The van der Waals surface area contributed by atoms with Crippen LogP contribution in [-0.2, 0) is 9.53 Å². The first-order chi connectivity index (χ1) is 10.0. The summed E-state index contributed by atoms with van der Waals surface area (Å²) in [6.07, 6.45) is 3.88. The summed E-state index contributed by atoms with van der Waals surface area (Å²) < 4.78 is 8.17. The Bertz CT molecular complexity index is 499. The van der Waals surface area contributed by atoms with Gasteiger partial charge in [-0.15, -0.1) is 0 Å². The molecule has 0 aliphatic heterocycles. The lowest BCUT2D eigenvalue weighted by molar-refractivity contribution is -0.149. The molecule has 0 bridgehead atoms. The summed E-state index contributed by atoms with van der Waals surface area (Å²) >= 11 is 10.6. The molecule has 1 aromatic carbocycles. The summed E-state index contributed by atoms with van der Waals surface area (Å²) in [6.45, 7) is 2.31. The Kier molecular flexibility index (Phi) is 6.56. The molecule has 2 rings (SSSR count). The molecule has 1 N–H and O–H groups in total. The lowest BCUT2D eigenvalue weighted by Gasteiger charge is -2.30. The van der Waals surface area contributed by atoms with E-state index in [1.54, 1.807) is 0 Å². The molecule has 0 heterocycles. The fourth-order valence-electron chi connectivity index (χ4n) is 2.68. The molecule has 2 atom stereocenters. The van der Waals surface area contributed by atoms with Gasteiger partial charge in [0.2, 0.25) is 0 Å². The molecule has 21 heavy (non-hydrogen) atoms. The summed E-state index contributed by atoms with van der Waals surface area (Å²) in [4.78, 5) is 11.9. The molecule has 2 unspecified atom stereocenters. The lowest BCUT2D eigenvalue weighted by Crippen LogP contribution is -2.32. The Labute approximate surface area is 150 Å². The second kappa shape index (κ2) is 7.97. The number of halogens is 3. The molecule has 1 saturated carbocycles. The molecule has 0 saturated heterocycles. The third-order valence-corrected chi connectivity index (χ3v) is 5.36. The van der Waals surface area contributed by atoms with Crippen LogP contribution in [0.4, 0.5) is 5.69 Å². The molecule has 116 valence electrons. The van der Waals surface area contributed by atoms with Gasteiger partial charge in [0.25, 0.3) is 0 Å². The summed E-state index contributed by atoms with van der Waals surface area (Å²) in [6, 6.07) is 4.32. The second-order valence-corrected chi connectivity index (χ2v) is 7.83. The topological polar surface area (TPSA) is 38.3 Å². The molecule has 1 fully saturated rings. The van der Waals surface area contributed by atoms with Gasteiger partial charge in [-0.3, -0.25) is 4.79 Å². The monoisotopic (exact) mass is 481 g/mol. The molecule has 0 spiro atoms. The van der Waals surface area contributed by atoms with Gasteiger partial charge >= 0.3 is 5.97 Å². The number of rotatable bonds is 4. The van der Waals surface area contributed by atoms with E-state index in [2.05, 4.69) is 53.1 Å². The number of esters is 1. The van der Waals surface area contributed by atoms with Crippen molar-refractivity contribution in [2.45, 2.75) is 38.6 Å². The molecular weight excluding hydrogens is 466 g/mol. The van der Waals surface area contributed by atoms with Crippen molar-refractivity contribution < 1.29 is 9.53 Å². The first-order valence-electron chi connectivity index (χ1n) is 7.09. The Hall–Kier alpha value is -0.0700. The van der Waals surface area contributed by atoms with E-state index >= 15 is 0 Å². The fourth-order valence-corrected chi connectivity index (χ4v) is 5.17. The highest BCUT2D eigenvalue weighted by Crippen LogP contribution is 2.37. The van der Waals surface area contributed by atoms with E-state index in [0.717, 1.165) is 44.8 Å². The maximum absolute atomic E-state index is 11.9. The van der Waals surface area contributed by atoms with E-state index in [9.17, 15) is 4.79 Å². The van der Waals surface area contributed by atoms with Crippen LogP contribution >= 0.6 is 47.8 Å². The zero-order valence-electron chi connectivity index (χ0n) is 11.8. The maximum atomic E-state index is 11.9. The second-order valence-electron chi connectivity index (χ2n) is 5.20. The number of nitrogens with one attached hydrogen (secondary N) is 1. The zero-order chi connectivity index (χ0) is 15.4. The van der Waals surface area contributed by atoms with Crippen LogP contribution in [0.2, 0.25) is 0 Å². The van der Waals surface area contributed by atoms with Gasteiger partial charge in [-0.1, -0.05) is 22.4 Å². The highest BCUT2D eigenvalue weighted by Gasteiger charge is 2.28. The summed E-state index contributed by atoms with van der Waals surface area (Å²) in [7, 11) is 0. The smallest absolute Gasteiger partial charge is 0.308 e. The minimum Gasteiger partial charge on any atom is -0.466 e. The molecular formula is C15H18Br3NO2. The molecule has 6 heteroatoms. The number of ether oxygens (including phenoxy) is 1. The first kappa shape index (κ1) is 17.3. The third kappa shape index (κ3) is 4.70. The summed E-state index contributed by atoms with van der Waals surface area (Å²) in [5.41, 5.74) is 1.03. The van der Waals surface area contributed by atoms with Crippen molar-refractivity contribution >= 4 is 59.4 Å². The van der Waals surface area contributed by atoms with E-state index in [1.807, 2.05) is 19.1 Å². The molecule has 0 amide bonds. The average Bonchev–Trinajstić information content (AvgIpc) is 2.43. The molecule has 3 nitrogen and oxygen atoms in total. The van der Waals surface area contributed by atoms with Gasteiger partial charge in [-0.25, -0.2) is 0 Å². The van der Waals surface area contributed by atoms with Crippen molar-refractivity contribution in [1.82, 2.24) is 0 Å². The fraction of sp³-hybridized carbons (Fsp3) is 0.533. The first-order valence-corrected chi connectivity index (χ1v) is 9.47. The minimum atomic E-state index is -0.0575. The zero-order valence-corrected chi connectivity index (χ0v) is 16.6. The number of hydrogen-bond acceptors (Lipinski definition) is 3. The molecule has 1 aliphatic rings. The third-order valence-electron chi connectivity index (χ3n) is 3.65. The van der Waals surface area contributed by atoms with Crippen LogP contribution in [0.1, 0.15) is 32.6 Å². The van der Waals surface area contributed by atoms with Gasteiger partial charge in [0.05, 0.1) is 18.2 Å². The SMILES string of the molecule is CCOC(=O)C1CCCC(Nc2c(Br)cc(Br)cc2Br)C1. The Morgan fingerprint density at radius 2 is 1.95 bits per heavy atom. The predicted molar refractivity (Wildman–Crippen MR) is 95.5 cm³/mol. The molecule has 0 radical (unpaired) electrons. The van der Waals surface area contributed by atoms with Crippen molar-refractivity contribution in [3.8, 4) is 0 Å². The van der Waals surface area contributed by atoms with E-state index < -0.39 is 0 Å². The number of anilines is 1. The van der Waals surface area contributed by atoms with Crippen LogP contribution in [0.25, 0.3) is 0 Å². The van der Waals surface area contributed by atoms with Crippen LogP contribution in [0, 0.1) is 5.92 Å².